The van der Waals surface area contributed by atoms with Crippen LogP contribution in [-0.4, -0.2) is 18.0 Å². The van der Waals surface area contributed by atoms with Crippen molar-refractivity contribution >= 4 is 29.2 Å². The number of methoxy groups -OCH3 is 1. The predicted molar refractivity (Wildman–Crippen MR) is 113 cm³/mol. The summed E-state index contributed by atoms with van der Waals surface area (Å²) in [6.45, 7) is 0.660. The Morgan fingerprint density at radius 3 is 2.57 bits per heavy atom. The molecule has 6 nitrogen and oxygen atoms in total. The summed E-state index contributed by atoms with van der Waals surface area (Å²) in [7, 11) is 1.65. The van der Waals surface area contributed by atoms with E-state index in [2.05, 4.69) is 15.6 Å². The van der Waals surface area contributed by atoms with Crippen LogP contribution in [0.1, 0.15) is 11.1 Å². The Hall–Kier alpha value is -3.80. The Morgan fingerprint density at radius 2 is 1.89 bits per heavy atom. The highest BCUT2D eigenvalue weighted by molar-refractivity contribution is 6.03. The molecule has 3 aromatic rings. The van der Waals surface area contributed by atoms with Gasteiger partial charge in [-0.05, 0) is 53.6 Å². The molecule has 142 valence electrons. The van der Waals surface area contributed by atoms with Gasteiger partial charge in [-0.2, -0.15) is 0 Å². The largest absolute Gasteiger partial charge is 0.497 e. The molecule has 0 saturated heterocycles. The van der Waals surface area contributed by atoms with E-state index in [0.717, 1.165) is 22.7 Å². The minimum Gasteiger partial charge on any atom is -0.497 e. The van der Waals surface area contributed by atoms with Crippen LogP contribution < -0.4 is 21.1 Å². The Bertz CT molecular complexity index is 951. The first-order valence-electron chi connectivity index (χ1n) is 8.80. The number of para-hydroxylation sites is 2. The van der Waals surface area contributed by atoms with Crippen LogP contribution in [0.2, 0.25) is 0 Å². The summed E-state index contributed by atoms with van der Waals surface area (Å²) in [5, 5.41) is 6.01. The molecule has 0 aliphatic heterocycles. The number of nitrogens with two attached hydrogens (primary N) is 1. The number of hydrogen-bond acceptors (Lipinski definition) is 5. The molecule has 2 aromatic carbocycles. The number of nitrogens with zero attached hydrogens (tertiary/aromatic N) is 1. The summed E-state index contributed by atoms with van der Waals surface area (Å²) in [4.78, 5) is 16.4. The minimum absolute atomic E-state index is 0.250. The number of nitrogen functional groups attached to an aromatic ring is 1. The van der Waals surface area contributed by atoms with Gasteiger partial charge in [-0.15, -0.1) is 0 Å². The number of benzene rings is 2. The lowest BCUT2D eigenvalue weighted by Crippen LogP contribution is -2.09. The molecule has 3 rings (SSSR count). The molecule has 0 bridgehead atoms. The fourth-order valence-corrected chi connectivity index (χ4v) is 2.50. The van der Waals surface area contributed by atoms with E-state index in [-0.39, 0.29) is 5.91 Å². The molecule has 0 fully saturated rings. The monoisotopic (exact) mass is 374 g/mol. The van der Waals surface area contributed by atoms with Gasteiger partial charge in [-0.25, -0.2) is 4.98 Å². The maximum Gasteiger partial charge on any atom is 0.248 e. The van der Waals surface area contributed by atoms with E-state index in [9.17, 15) is 4.79 Å². The third-order valence-corrected chi connectivity index (χ3v) is 4.06. The van der Waals surface area contributed by atoms with Crippen LogP contribution in [0.3, 0.4) is 0 Å². The summed E-state index contributed by atoms with van der Waals surface area (Å²) in [6, 6.07) is 18.7. The molecule has 0 aliphatic rings. The first-order chi connectivity index (χ1) is 13.6. The van der Waals surface area contributed by atoms with Gasteiger partial charge in [0.15, 0.2) is 0 Å². The fourth-order valence-electron chi connectivity index (χ4n) is 2.50. The molecule has 28 heavy (non-hydrogen) atoms. The van der Waals surface area contributed by atoms with Crippen molar-refractivity contribution in [3.63, 3.8) is 0 Å². The lowest BCUT2D eigenvalue weighted by molar-refractivity contribution is -0.111. The van der Waals surface area contributed by atoms with Gasteiger partial charge in [0.1, 0.15) is 11.6 Å². The number of ether oxygens (including phenoxy) is 1. The van der Waals surface area contributed by atoms with Crippen LogP contribution in [0.25, 0.3) is 6.08 Å². The molecule has 1 amide bonds. The standard InChI is InChI=1S/C22H22N4O2/c1-28-18-10-6-16(7-11-18)14-24-21-12-8-17(15-25-21)9-13-22(27)26-20-5-3-2-4-19(20)23/h2-13,15H,14,23H2,1H3,(H,24,25)(H,26,27)/b13-9-. The molecule has 6 heteroatoms. The predicted octanol–water partition coefficient (Wildman–Crippen LogP) is 3.94. The van der Waals surface area contributed by atoms with Crippen molar-refractivity contribution in [3.8, 4) is 5.75 Å². The first-order valence-corrected chi connectivity index (χ1v) is 8.80. The second-order valence-electron chi connectivity index (χ2n) is 6.09. The summed E-state index contributed by atoms with van der Waals surface area (Å²) < 4.78 is 5.15. The number of anilines is 3. The molecule has 1 aromatic heterocycles. The number of carbonyl (C=O) groups is 1. The van der Waals surface area contributed by atoms with Gasteiger partial charge < -0.3 is 21.1 Å². The van der Waals surface area contributed by atoms with E-state index in [4.69, 9.17) is 10.5 Å². The molecular formula is C22H22N4O2. The number of nitrogens with one attached hydrogen (secondary N) is 2. The molecule has 4 N–H and O–H groups in total. The number of hydrogen-bond donors (Lipinski definition) is 3. The van der Waals surface area contributed by atoms with Crippen molar-refractivity contribution in [3.05, 3.63) is 84.1 Å². The Labute approximate surface area is 164 Å². The lowest BCUT2D eigenvalue weighted by Gasteiger charge is -2.07. The van der Waals surface area contributed by atoms with Crippen molar-refractivity contribution in [1.29, 1.82) is 0 Å². The summed E-state index contributed by atoms with van der Waals surface area (Å²) >= 11 is 0. The van der Waals surface area contributed by atoms with E-state index in [1.807, 2.05) is 48.5 Å². The first kappa shape index (κ1) is 19.0. The molecule has 0 spiro atoms. The second-order valence-corrected chi connectivity index (χ2v) is 6.09. The quantitative estimate of drug-likeness (QED) is 0.431. The van der Waals surface area contributed by atoms with E-state index in [0.29, 0.717) is 17.9 Å². The Kier molecular flexibility index (Phi) is 6.25. The second kappa shape index (κ2) is 9.23. The van der Waals surface area contributed by atoms with Gasteiger partial charge in [0.25, 0.3) is 0 Å². The van der Waals surface area contributed by atoms with E-state index in [1.54, 1.807) is 31.5 Å². The van der Waals surface area contributed by atoms with Crippen molar-refractivity contribution in [2.45, 2.75) is 6.54 Å². The molecule has 0 unspecified atom stereocenters. The van der Waals surface area contributed by atoms with Crippen molar-refractivity contribution < 1.29 is 9.53 Å². The van der Waals surface area contributed by atoms with Gasteiger partial charge in [0.05, 0.1) is 18.5 Å². The maximum atomic E-state index is 12.0. The minimum atomic E-state index is -0.250. The highest BCUT2D eigenvalue weighted by atomic mass is 16.5. The van der Waals surface area contributed by atoms with E-state index >= 15 is 0 Å². The summed E-state index contributed by atoms with van der Waals surface area (Å²) in [5.41, 5.74) is 8.89. The average molecular weight is 374 g/mol. The number of aromatic nitrogens is 1. The molecule has 0 radical (unpaired) electrons. The third kappa shape index (κ3) is 5.35. The van der Waals surface area contributed by atoms with E-state index in [1.165, 1.54) is 6.08 Å². The maximum absolute atomic E-state index is 12.0. The van der Waals surface area contributed by atoms with Crippen LogP contribution in [0.4, 0.5) is 17.2 Å². The van der Waals surface area contributed by atoms with Crippen LogP contribution in [0, 0.1) is 0 Å². The van der Waals surface area contributed by atoms with Crippen molar-refractivity contribution in [2.24, 2.45) is 0 Å². The van der Waals surface area contributed by atoms with Crippen LogP contribution in [0.5, 0.6) is 5.75 Å². The third-order valence-electron chi connectivity index (χ3n) is 4.06. The highest BCUT2D eigenvalue weighted by Crippen LogP contribution is 2.17. The van der Waals surface area contributed by atoms with Gasteiger partial charge >= 0.3 is 0 Å². The van der Waals surface area contributed by atoms with Gasteiger partial charge in [0.2, 0.25) is 5.91 Å². The molecule has 1 heterocycles. The summed E-state index contributed by atoms with van der Waals surface area (Å²) in [5.74, 6) is 1.34. The molecule has 0 saturated carbocycles. The average Bonchev–Trinajstić information content (AvgIpc) is 2.73. The van der Waals surface area contributed by atoms with Crippen LogP contribution in [0.15, 0.2) is 72.9 Å². The van der Waals surface area contributed by atoms with Gasteiger partial charge in [0, 0.05) is 18.8 Å². The van der Waals surface area contributed by atoms with Gasteiger partial charge in [-0.3, -0.25) is 4.79 Å². The smallest absolute Gasteiger partial charge is 0.248 e. The Morgan fingerprint density at radius 1 is 1.11 bits per heavy atom. The highest BCUT2D eigenvalue weighted by Gasteiger charge is 2.01. The van der Waals surface area contributed by atoms with Crippen molar-refractivity contribution in [1.82, 2.24) is 4.98 Å². The zero-order valence-corrected chi connectivity index (χ0v) is 15.6. The van der Waals surface area contributed by atoms with Crippen LogP contribution in [-0.2, 0) is 11.3 Å². The molecule has 0 atom stereocenters. The number of rotatable bonds is 7. The Balaban J connectivity index is 1.52. The topological polar surface area (TPSA) is 89.3 Å². The van der Waals surface area contributed by atoms with Crippen molar-refractivity contribution in [2.75, 3.05) is 23.5 Å². The number of amides is 1. The molecule has 0 aliphatic carbocycles. The van der Waals surface area contributed by atoms with Crippen LogP contribution >= 0.6 is 0 Å². The number of pyridine rings is 1. The van der Waals surface area contributed by atoms with Gasteiger partial charge in [-0.1, -0.05) is 24.3 Å². The SMILES string of the molecule is COc1ccc(CNc2ccc(/C=C\C(=O)Nc3ccccc3N)cn2)cc1. The zero-order valence-electron chi connectivity index (χ0n) is 15.6. The number of carbonyl (C=O) groups excluding carboxylic acids is 1. The fraction of sp³-hybridized carbons (Fsp3) is 0.0909. The lowest BCUT2D eigenvalue weighted by atomic mass is 10.2. The zero-order chi connectivity index (χ0) is 19.8. The normalized spacial score (nSPS) is 10.6. The summed E-state index contributed by atoms with van der Waals surface area (Å²) in [6.07, 6.45) is 4.86. The van der Waals surface area contributed by atoms with E-state index < -0.39 is 0 Å². The molecular weight excluding hydrogens is 352 g/mol.